The topological polar surface area (TPSA) is 118 Å². The van der Waals surface area contributed by atoms with Gasteiger partial charge in [-0.3, -0.25) is 0 Å². The van der Waals surface area contributed by atoms with E-state index in [4.69, 9.17) is 5.73 Å². The molecule has 0 heterocycles. The molecule has 1 atom stereocenters. The Morgan fingerprint density at radius 1 is 1.16 bits per heavy atom. The normalized spacial score (nSPS) is 17.2. The fraction of sp³-hybridized carbons (Fsp3) is 0.600. The van der Waals surface area contributed by atoms with Crippen LogP contribution in [0.4, 0.5) is 0 Å². The van der Waals surface area contributed by atoms with Gasteiger partial charge in [-0.15, -0.1) is 12.4 Å². The van der Waals surface area contributed by atoms with Crippen molar-refractivity contribution in [2.45, 2.75) is 48.4 Å². The van der Waals surface area contributed by atoms with E-state index in [1.54, 1.807) is 6.92 Å². The lowest BCUT2D eigenvalue weighted by molar-refractivity contribution is 0.405. The predicted octanol–water partition coefficient (Wildman–Crippen LogP) is 1.12. The van der Waals surface area contributed by atoms with Gasteiger partial charge in [0.1, 0.15) is 0 Å². The molecule has 0 bridgehead atoms. The molecule has 144 valence electrons. The summed E-state index contributed by atoms with van der Waals surface area (Å²) in [6.45, 7) is 1.82. The van der Waals surface area contributed by atoms with Crippen LogP contribution in [0.5, 0.6) is 0 Å². The van der Waals surface area contributed by atoms with Crippen molar-refractivity contribution in [2.75, 3.05) is 13.6 Å². The number of hydrogen-bond acceptors (Lipinski definition) is 5. The lowest BCUT2D eigenvalue weighted by atomic mass is 9.99. The molecular weight excluding hydrogens is 386 g/mol. The first-order chi connectivity index (χ1) is 11.2. The molecular formula is C15H26ClN3O4S2. The van der Waals surface area contributed by atoms with Crippen LogP contribution in [0.1, 0.15) is 31.2 Å². The fourth-order valence-corrected chi connectivity index (χ4v) is 5.52. The summed E-state index contributed by atoms with van der Waals surface area (Å²) < 4.78 is 53.9. The summed E-state index contributed by atoms with van der Waals surface area (Å²) in [5, 5.41) is 0. The van der Waals surface area contributed by atoms with E-state index in [2.05, 4.69) is 9.44 Å². The van der Waals surface area contributed by atoms with Crippen molar-refractivity contribution in [3.63, 3.8) is 0 Å². The van der Waals surface area contributed by atoms with Crippen molar-refractivity contribution in [1.29, 1.82) is 0 Å². The van der Waals surface area contributed by atoms with Gasteiger partial charge >= 0.3 is 0 Å². The van der Waals surface area contributed by atoms with Crippen LogP contribution in [-0.4, -0.2) is 36.5 Å². The first-order valence-corrected chi connectivity index (χ1v) is 10.9. The quantitative estimate of drug-likeness (QED) is 0.621. The smallest absolute Gasteiger partial charge is 0.240 e. The number of halogens is 1. The van der Waals surface area contributed by atoms with Crippen LogP contribution in [0.25, 0.3) is 0 Å². The number of hydrogen-bond donors (Lipinski definition) is 3. The lowest BCUT2D eigenvalue weighted by Gasteiger charge is -2.23. The number of benzene rings is 1. The van der Waals surface area contributed by atoms with Crippen LogP contribution in [0, 0.1) is 12.8 Å². The maximum absolute atomic E-state index is 12.6. The Balaban J connectivity index is 0.00000312. The van der Waals surface area contributed by atoms with Gasteiger partial charge in [0.15, 0.2) is 0 Å². The summed E-state index contributed by atoms with van der Waals surface area (Å²) in [5.74, 6) is 0.259. The highest BCUT2D eigenvalue weighted by Gasteiger charge is 2.29. The van der Waals surface area contributed by atoms with Gasteiger partial charge in [0, 0.05) is 12.6 Å². The molecule has 0 saturated heterocycles. The van der Waals surface area contributed by atoms with E-state index >= 15 is 0 Å². The van der Waals surface area contributed by atoms with Gasteiger partial charge < -0.3 is 5.73 Å². The Bertz CT molecular complexity index is 791. The molecule has 1 aromatic carbocycles. The average molecular weight is 412 g/mol. The maximum Gasteiger partial charge on any atom is 0.240 e. The maximum atomic E-state index is 12.6. The van der Waals surface area contributed by atoms with E-state index in [0.29, 0.717) is 5.56 Å². The molecule has 4 N–H and O–H groups in total. The summed E-state index contributed by atoms with van der Waals surface area (Å²) in [6.07, 6.45) is 4.14. The highest BCUT2D eigenvalue weighted by atomic mass is 35.5. The van der Waals surface area contributed by atoms with Gasteiger partial charge in [-0.05, 0) is 56.5 Å². The second-order valence-corrected chi connectivity index (χ2v) is 9.71. The van der Waals surface area contributed by atoms with E-state index in [-0.39, 0.29) is 40.7 Å². The SMILES string of the molecule is CNS(=O)(=O)c1ccc(S(=O)(=O)NC(CN)C2CCCC2)cc1C.Cl. The Morgan fingerprint density at radius 2 is 1.76 bits per heavy atom. The van der Waals surface area contributed by atoms with Crippen molar-refractivity contribution >= 4 is 32.5 Å². The molecule has 7 nitrogen and oxygen atoms in total. The van der Waals surface area contributed by atoms with Gasteiger partial charge in [0.25, 0.3) is 0 Å². The highest BCUT2D eigenvalue weighted by molar-refractivity contribution is 7.90. The zero-order valence-corrected chi connectivity index (χ0v) is 16.8. The molecule has 0 aromatic heterocycles. The Hall–Kier alpha value is -0.710. The van der Waals surface area contributed by atoms with Crippen molar-refractivity contribution in [3.05, 3.63) is 23.8 Å². The van der Waals surface area contributed by atoms with Gasteiger partial charge in [-0.1, -0.05) is 12.8 Å². The number of nitrogens with one attached hydrogen (secondary N) is 2. The summed E-state index contributed by atoms with van der Waals surface area (Å²) in [6, 6.07) is 3.69. The molecule has 1 aromatic rings. The molecule has 0 spiro atoms. The third-order valence-electron chi connectivity index (χ3n) is 4.54. The minimum Gasteiger partial charge on any atom is -0.329 e. The largest absolute Gasteiger partial charge is 0.329 e. The van der Waals surface area contributed by atoms with Gasteiger partial charge in [-0.2, -0.15) is 0 Å². The first-order valence-electron chi connectivity index (χ1n) is 7.98. The monoisotopic (exact) mass is 411 g/mol. The molecule has 1 aliphatic rings. The highest BCUT2D eigenvalue weighted by Crippen LogP contribution is 2.28. The van der Waals surface area contributed by atoms with E-state index in [0.717, 1.165) is 25.7 Å². The zero-order chi connectivity index (χ0) is 18.0. The van der Waals surface area contributed by atoms with Gasteiger partial charge in [-0.25, -0.2) is 26.3 Å². The van der Waals surface area contributed by atoms with Crippen molar-refractivity contribution < 1.29 is 16.8 Å². The van der Waals surface area contributed by atoms with Gasteiger partial charge in [0.05, 0.1) is 9.79 Å². The Morgan fingerprint density at radius 3 is 2.24 bits per heavy atom. The molecule has 1 unspecified atom stereocenters. The van der Waals surface area contributed by atoms with Crippen molar-refractivity contribution in [1.82, 2.24) is 9.44 Å². The van der Waals surface area contributed by atoms with Gasteiger partial charge in [0.2, 0.25) is 20.0 Å². The van der Waals surface area contributed by atoms with E-state index in [9.17, 15) is 16.8 Å². The van der Waals surface area contributed by atoms with E-state index < -0.39 is 20.0 Å². The summed E-state index contributed by atoms with van der Waals surface area (Å²) in [5.41, 5.74) is 6.13. The number of nitrogens with two attached hydrogens (primary N) is 1. The van der Waals surface area contributed by atoms with Crippen LogP contribution in [-0.2, 0) is 20.0 Å². The van der Waals surface area contributed by atoms with Crippen LogP contribution in [0.15, 0.2) is 28.0 Å². The third kappa shape index (κ3) is 5.15. The molecule has 0 aliphatic heterocycles. The number of rotatable bonds is 7. The van der Waals surface area contributed by atoms with Crippen molar-refractivity contribution in [3.8, 4) is 0 Å². The van der Waals surface area contributed by atoms with Crippen LogP contribution in [0.2, 0.25) is 0 Å². The second-order valence-electron chi connectivity index (χ2n) is 6.14. The fourth-order valence-electron chi connectivity index (χ4n) is 3.16. The number of aryl methyl sites for hydroxylation is 1. The molecule has 1 fully saturated rings. The summed E-state index contributed by atoms with van der Waals surface area (Å²) in [4.78, 5) is 0.113. The summed E-state index contributed by atoms with van der Waals surface area (Å²) >= 11 is 0. The summed E-state index contributed by atoms with van der Waals surface area (Å²) in [7, 11) is -6.05. The first kappa shape index (κ1) is 22.3. The molecule has 0 radical (unpaired) electrons. The average Bonchev–Trinajstić information content (AvgIpc) is 3.06. The van der Waals surface area contributed by atoms with Crippen molar-refractivity contribution in [2.24, 2.45) is 11.7 Å². The predicted molar refractivity (Wildman–Crippen MR) is 99.8 cm³/mol. The standard InChI is InChI=1S/C15H25N3O4S2.ClH/c1-11-9-13(7-8-15(11)24(21,22)17-2)23(19,20)18-14(10-16)12-5-3-4-6-12;/h7-9,12,14,17-18H,3-6,10,16H2,1-2H3;1H. The van der Waals surface area contributed by atoms with Crippen LogP contribution in [0.3, 0.4) is 0 Å². The van der Waals surface area contributed by atoms with E-state index in [1.165, 1.54) is 25.2 Å². The van der Waals surface area contributed by atoms with E-state index in [1.807, 2.05) is 0 Å². The molecule has 2 rings (SSSR count). The Kier molecular flexibility index (Phi) is 7.85. The molecule has 1 aliphatic carbocycles. The number of sulfonamides is 2. The second kappa shape index (κ2) is 8.79. The molecule has 1 saturated carbocycles. The van der Waals surface area contributed by atoms with Crippen LogP contribution < -0.4 is 15.2 Å². The molecule has 25 heavy (non-hydrogen) atoms. The minimum atomic E-state index is -3.75. The minimum absolute atomic E-state index is 0. The molecule has 10 heteroatoms. The Labute approximate surface area is 156 Å². The molecule has 0 amide bonds. The van der Waals surface area contributed by atoms with Crippen LogP contribution >= 0.6 is 12.4 Å². The zero-order valence-electron chi connectivity index (χ0n) is 14.4. The lowest BCUT2D eigenvalue weighted by Crippen LogP contribution is -2.44. The third-order valence-corrected chi connectivity index (χ3v) is 7.61.